The molecule has 4 rings (SSSR count). The first-order valence-corrected chi connectivity index (χ1v) is 6.25. The summed E-state index contributed by atoms with van der Waals surface area (Å²) in [6.45, 7) is 3.39. The van der Waals surface area contributed by atoms with Gasteiger partial charge in [-0.15, -0.1) is 0 Å². The van der Waals surface area contributed by atoms with E-state index >= 15 is 0 Å². The molecule has 3 fully saturated rings. The topological polar surface area (TPSA) is 50.2 Å². The lowest BCUT2D eigenvalue weighted by molar-refractivity contribution is 0.0617. The van der Waals surface area contributed by atoms with Crippen LogP contribution in [0, 0.1) is 5.92 Å². The minimum atomic E-state index is -0.0376. The monoisotopic (exact) mass is 234 g/mol. The molecule has 92 valence electrons. The fourth-order valence-electron chi connectivity index (χ4n) is 2.91. The van der Waals surface area contributed by atoms with Crippen molar-refractivity contribution < 1.29 is 4.79 Å². The van der Waals surface area contributed by atoms with Crippen molar-refractivity contribution in [2.45, 2.75) is 18.9 Å². The molecule has 5 nitrogen and oxygen atoms in total. The number of aryl methyl sites for hydroxylation is 1. The molecule has 1 aromatic heterocycles. The predicted octanol–water partition coefficient (Wildman–Crippen LogP) is 0.244. The molecule has 1 aromatic rings. The average molecular weight is 234 g/mol. The Morgan fingerprint density at radius 2 is 2.24 bits per heavy atom. The second-order valence-electron chi connectivity index (χ2n) is 5.09. The summed E-state index contributed by atoms with van der Waals surface area (Å²) in [7, 11) is 1.82. The van der Waals surface area contributed by atoms with Crippen LogP contribution in [0.1, 0.15) is 23.3 Å². The fraction of sp³-hybridized carbons (Fsp3) is 0.667. The lowest BCUT2D eigenvalue weighted by Crippen LogP contribution is -2.57. The normalized spacial score (nSPS) is 31.5. The third-order valence-corrected chi connectivity index (χ3v) is 3.92. The Labute approximate surface area is 101 Å². The molecule has 4 heterocycles. The zero-order valence-electron chi connectivity index (χ0n) is 10.1. The van der Waals surface area contributed by atoms with Crippen LogP contribution in [0.4, 0.5) is 0 Å². The van der Waals surface area contributed by atoms with Gasteiger partial charge in [-0.05, 0) is 37.9 Å². The molecule has 0 saturated carbocycles. The van der Waals surface area contributed by atoms with Gasteiger partial charge in [0.15, 0.2) is 0 Å². The second kappa shape index (κ2) is 4.14. The average Bonchev–Trinajstić information content (AvgIpc) is 2.77. The number of carbonyl (C=O) groups is 1. The lowest BCUT2D eigenvalue weighted by atomic mass is 9.84. The third kappa shape index (κ3) is 2.07. The Bertz CT molecular complexity index is 420. The number of amides is 1. The van der Waals surface area contributed by atoms with Crippen LogP contribution in [-0.4, -0.2) is 46.3 Å². The molecular formula is C12H18N4O. The number of aromatic nitrogens is 2. The largest absolute Gasteiger partial charge is 0.346 e. The summed E-state index contributed by atoms with van der Waals surface area (Å²) in [4.78, 5) is 14.4. The highest BCUT2D eigenvalue weighted by atomic mass is 16.2. The number of nitrogens with one attached hydrogen (secondary N) is 1. The highest BCUT2D eigenvalue weighted by Crippen LogP contribution is 2.27. The molecule has 1 unspecified atom stereocenters. The van der Waals surface area contributed by atoms with E-state index in [0.717, 1.165) is 6.54 Å². The standard InChI is InChI=1S/C12H18N4O/c1-15-5-4-10(14-15)12(17)13-11-8-16-6-2-9(11)3-7-16/h4-5,9,11H,2-3,6-8H2,1H3,(H,13,17). The van der Waals surface area contributed by atoms with Crippen LogP contribution >= 0.6 is 0 Å². The maximum Gasteiger partial charge on any atom is 0.272 e. The van der Waals surface area contributed by atoms with Crippen LogP contribution in [0.5, 0.6) is 0 Å². The molecule has 0 aliphatic carbocycles. The maximum absolute atomic E-state index is 12.0. The van der Waals surface area contributed by atoms with E-state index in [9.17, 15) is 4.79 Å². The molecule has 1 N–H and O–H groups in total. The Morgan fingerprint density at radius 3 is 2.76 bits per heavy atom. The molecule has 3 aliphatic heterocycles. The minimum Gasteiger partial charge on any atom is -0.346 e. The summed E-state index contributed by atoms with van der Waals surface area (Å²) < 4.78 is 1.66. The van der Waals surface area contributed by atoms with Crippen LogP contribution < -0.4 is 5.32 Å². The Balaban J connectivity index is 1.65. The molecule has 1 atom stereocenters. The van der Waals surface area contributed by atoms with Gasteiger partial charge in [-0.1, -0.05) is 0 Å². The SMILES string of the molecule is Cn1ccc(C(=O)NC2CN3CCC2CC3)n1. The van der Waals surface area contributed by atoms with E-state index in [2.05, 4.69) is 15.3 Å². The van der Waals surface area contributed by atoms with E-state index in [1.807, 2.05) is 7.05 Å². The van der Waals surface area contributed by atoms with Crippen molar-refractivity contribution in [2.75, 3.05) is 19.6 Å². The van der Waals surface area contributed by atoms with E-state index in [4.69, 9.17) is 0 Å². The van der Waals surface area contributed by atoms with Gasteiger partial charge in [-0.2, -0.15) is 5.10 Å². The van der Waals surface area contributed by atoms with Crippen molar-refractivity contribution in [2.24, 2.45) is 13.0 Å². The van der Waals surface area contributed by atoms with Gasteiger partial charge in [-0.3, -0.25) is 9.48 Å². The van der Waals surface area contributed by atoms with Gasteiger partial charge in [0.25, 0.3) is 5.91 Å². The summed E-state index contributed by atoms with van der Waals surface area (Å²) in [5.74, 6) is 0.622. The Hall–Kier alpha value is -1.36. The number of rotatable bonds is 2. The second-order valence-corrected chi connectivity index (χ2v) is 5.09. The van der Waals surface area contributed by atoms with Crippen molar-refractivity contribution >= 4 is 5.91 Å². The van der Waals surface area contributed by atoms with Crippen LogP contribution in [-0.2, 0) is 7.05 Å². The molecule has 0 aromatic carbocycles. The first-order chi connectivity index (χ1) is 8.22. The molecular weight excluding hydrogens is 216 g/mol. The number of fused-ring (bicyclic) bond motifs is 3. The summed E-state index contributed by atoms with van der Waals surface area (Å²) in [6, 6.07) is 2.07. The van der Waals surface area contributed by atoms with E-state index in [-0.39, 0.29) is 5.91 Å². The summed E-state index contributed by atoms with van der Waals surface area (Å²) in [6.07, 6.45) is 4.23. The summed E-state index contributed by atoms with van der Waals surface area (Å²) in [5, 5.41) is 7.25. The molecule has 0 radical (unpaired) electrons. The van der Waals surface area contributed by atoms with E-state index in [0.29, 0.717) is 17.7 Å². The predicted molar refractivity (Wildman–Crippen MR) is 63.6 cm³/mol. The van der Waals surface area contributed by atoms with E-state index in [1.165, 1.54) is 25.9 Å². The molecule has 3 saturated heterocycles. The smallest absolute Gasteiger partial charge is 0.272 e. The van der Waals surface area contributed by atoms with Crippen LogP contribution in [0.3, 0.4) is 0 Å². The number of carbonyl (C=O) groups excluding carboxylic acids is 1. The van der Waals surface area contributed by atoms with E-state index < -0.39 is 0 Å². The molecule has 2 bridgehead atoms. The first kappa shape index (κ1) is 10.8. The maximum atomic E-state index is 12.0. The molecule has 1 amide bonds. The quantitative estimate of drug-likeness (QED) is 0.797. The number of hydrogen-bond acceptors (Lipinski definition) is 3. The Morgan fingerprint density at radius 1 is 1.47 bits per heavy atom. The number of nitrogens with zero attached hydrogens (tertiary/aromatic N) is 3. The zero-order chi connectivity index (χ0) is 11.8. The van der Waals surface area contributed by atoms with Crippen molar-refractivity contribution in [1.29, 1.82) is 0 Å². The van der Waals surface area contributed by atoms with Crippen molar-refractivity contribution in [1.82, 2.24) is 20.0 Å². The third-order valence-electron chi connectivity index (χ3n) is 3.92. The van der Waals surface area contributed by atoms with Gasteiger partial charge < -0.3 is 10.2 Å². The van der Waals surface area contributed by atoms with Gasteiger partial charge in [0, 0.05) is 25.8 Å². The minimum absolute atomic E-state index is 0.0376. The van der Waals surface area contributed by atoms with Crippen LogP contribution in [0.2, 0.25) is 0 Å². The molecule has 0 spiro atoms. The van der Waals surface area contributed by atoms with Crippen molar-refractivity contribution in [3.8, 4) is 0 Å². The number of hydrogen-bond donors (Lipinski definition) is 1. The summed E-state index contributed by atoms with van der Waals surface area (Å²) >= 11 is 0. The van der Waals surface area contributed by atoms with Gasteiger partial charge in [0.05, 0.1) is 0 Å². The Kier molecular flexibility index (Phi) is 2.63. The van der Waals surface area contributed by atoms with Gasteiger partial charge in [0.2, 0.25) is 0 Å². The highest BCUT2D eigenvalue weighted by molar-refractivity contribution is 5.92. The molecule has 5 heteroatoms. The van der Waals surface area contributed by atoms with E-state index in [1.54, 1.807) is 16.9 Å². The first-order valence-electron chi connectivity index (χ1n) is 6.25. The van der Waals surface area contributed by atoms with Crippen molar-refractivity contribution in [3.05, 3.63) is 18.0 Å². The summed E-state index contributed by atoms with van der Waals surface area (Å²) in [5.41, 5.74) is 0.518. The van der Waals surface area contributed by atoms with Gasteiger partial charge in [-0.25, -0.2) is 0 Å². The fourth-order valence-corrected chi connectivity index (χ4v) is 2.91. The zero-order valence-corrected chi connectivity index (χ0v) is 10.1. The lowest BCUT2D eigenvalue weighted by Gasteiger charge is -2.44. The number of piperidine rings is 3. The highest BCUT2D eigenvalue weighted by Gasteiger charge is 2.35. The van der Waals surface area contributed by atoms with Crippen molar-refractivity contribution in [3.63, 3.8) is 0 Å². The van der Waals surface area contributed by atoms with Gasteiger partial charge in [0.1, 0.15) is 5.69 Å². The van der Waals surface area contributed by atoms with Gasteiger partial charge >= 0.3 is 0 Å². The molecule has 17 heavy (non-hydrogen) atoms. The van der Waals surface area contributed by atoms with Crippen LogP contribution in [0.15, 0.2) is 12.3 Å². The molecule has 3 aliphatic rings. The van der Waals surface area contributed by atoms with Crippen LogP contribution in [0.25, 0.3) is 0 Å².